The van der Waals surface area contributed by atoms with Gasteiger partial charge < -0.3 is 15.0 Å². The largest absolute Gasteiger partial charge is 0.483 e. The number of hydrogen-bond acceptors (Lipinski definition) is 3. The molecule has 0 fully saturated rings. The topological polar surface area (TPSA) is 58.6 Å². The van der Waals surface area contributed by atoms with Gasteiger partial charge in [-0.3, -0.25) is 9.59 Å². The molecular weight excluding hydrogens is 456 g/mol. The molecule has 2 aromatic rings. The Bertz CT molecular complexity index is 862. The lowest BCUT2D eigenvalue weighted by molar-refractivity contribution is -0.118. The number of carbonyl (C=O) groups excluding carboxylic acids is 2. The second-order valence-corrected chi connectivity index (χ2v) is 8.56. The average molecular weight is 489 g/mol. The summed E-state index contributed by atoms with van der Waals surface area (Å²) in [5.41, 5.74) is 2.49. The van der Waals surface area contributed by atoms with Crippen LogP contribution in [0.1, 0.15) is 68.8 Å². The van der Waals surface area contributed by atoms with Gasteiger partial charge in [0.2, 0.25) is 0 Å². The lowest BCUT2D eigenvalue weighted by Gasteiger charge is -2.21. The molecule has 0 spiro atoms. The molecule has 6 heteroatoms. The summed E-state index contributed by atoms with van der Waals surface area (Å²) in [6.45, 7) is 9.86. The van der Waals surface area contributed by atoms with E-state index in [4.69, 9.17) is 4.74 Å². The number of nitrogens with one attached hydrogen (secondary N) is 1. The molecule has 31 heavy (non-hydrogen) atoms. The fraction of sp³-hybridized carbons (Fsp3) is 0.440. The molecule has 168 valence electrons. The molecule has 0 aromatic heterocycles. The smallest absolute Gasteiger partial charge is 0.262 e. The lowest BCUT2D eigenvalue weighted by Crippen LogP contribution is -2.32. The number of amides is 2. The van der Waals surface area contributed by atoms with E-state index in [1.54, 1.807) is 24.3 Å². The van der Waals surface area contributed by atoms with Crippen LogP contribution in [0.2, 0.25) is 0 Å². The van der Waals surface area contributed by atoms with Crippen LogP contribution >= 0.6 is 15.9 Å². The minimum absolute atomic E-state index is 0.0237. The summed E-state index contributed by atoms with van der Waals surface area (Å²) in [6.07, 6.45) is 2.92. The highest BCUT2D eigenvalue weighted by Gasteiger charge is 2.14. The third-order valence-corrected chi connectivity index (χ3v) is 5.81. The standard InChI is InChI=1S/C25H33BrN2O3/c1-5-14-28(15-6-2)25(30)19-8-11-21(12-9-19)27-24(29)17-31-23-13-10-20(16-22(23)26)18(4)7-3/h8-13,16,18H,5-7,14-15,17H2,1-4H3,(H,27,29). The first-order valence-corrected chi connectivity index (χ1v) is 11.8. The third-order valence-electron chi connectivity index (χ3n) is 5.19. The van der Waals surface area contributed by atoms with Gasteiger partial charge in [0.1, 0.15) is 5.75 Å². The van der Waals surface area contributed by atoms with Crippen LogP contribution in [0.15, 0.2) is 46.9 Å². The first-order chi connectivity index (χ1) is 14.9. The first kappa shape index (κ1) is 24.9. The molecule has 0 bridgehead atoms. The van der Waals surface area contributed by atoms with Crippen molar-refractivity contribution in [2.24, 2.45) is 0 Å². The van der Waals surface area contributed by atoms with Crippen molar-refractivity contribution in [2.75, 3.05) is 25.0 Å². The second kappa shape index (κ2) is 12.5. The van der Waals surface area contributed by atoms with E-state index in [0.717, 1.165) is 36.8 Å². The number of hydrogen-bond donors (Lipinski definition) is 1. The number of benzene rings is 2. The van der Waals surface area contributed by atoms with Crippen LogP contribution in [0.3, 0.4) is 0 Å². The van der Waals surface area contributed by atoms with Crippen LogP contribution in [0.25, 0.3) is 0 Å². The predicted octanol–water partition coefficient (Wildman–Crippen LogP) is 6.24. The van der Waals surface area contributed by atoms with Crippen molar-refractivity contribution in [3.8, 4) is 5.75 Å². The average Bonchev–Trinajstić information content (AvgIpc) is 2.77. The van der Waals surface area contributed by atoms with E-state index in [9.17, 15) is 9.59 Å². The van der Waals surface area contributed by atoms with Gasteiger partial charge in [-0.15, -0.1) is 0 Å². The Kier molecular flexibility index (Phi) is 10.0. The van der Waals surface area contributed by atoms with Gasteiger partial charge in [-0.25, -0.2) is 0 Å². The summed E-state index contributed by atoms with van der Waals surface area (Å²) in [4.78, 5) is 26.8. The Morgan fingerprint density at radius 3 is 2.23 bits per heavy atom. The minimum atomic E-state index is -0.254. The van der Waals surface area contributed by atoms with Crippen molar-refractivity contribution in [3.05, 3.63) is 58.1 Å². The Balaban J connectivity index is 1.92. The molecule has 0 saturated heterocycles. The van der Waals surface area contributed by atoms with Crippen LogP contribution in [0, 0.1) is 0 Å². The van der Waals surface area contributed by atoms with Crippen LogP contribution in [-0.2, 0) is 4.79 Å². The van der Waals surface area contributed by atoms with Gasteiger partial charge in [-0.1, -0.05) is 33.8 Å². The maximum absolute atomic E-state index is 12.6. The van der Waals surface area contributed by atoms with E-state index >= 15 is 0 Å². The van der Waals surface area contributed by atoms with E-state index in [-0.39, 0.29) is 18.4 Å². The fourth-order valence-corrected chi connectivity index (χ4v) is 3.76. The SMILES string of the molecule is CCCN(CCC)C(=O)c1ccc(NC(=O)COc2ccc(C(C)CC)cc2Br)cc1. The number of anilines is 1. The number of carbonyl (C=O) groups is 2. The predicted molar refractivity (Wildman–Crippen MR) is 130 cm³/mol. The third kappa shape index (κ3) is 7.39. The molecule has 2 rings (SSSR count). The van der Waals surface area contributed by atoms with E-state index in [1.807, 2.05) is 23.1 Å². The molecular formula is C25H33BrN2O3. The van der Waals surface area contributed by atoms with E-state index < -0.39 is 0 Å². The molecule has 1 unspecified atom stereocenters. The monoisotopic (exact) mass is 488 g/mol. The van der Waals surface area contributed by atoms with E-state index in [0.29, 0.717) is 22.9 Å². The van der Waals surface area contributed by atoms with Crippen LogP contribution in [-0.4, -0.2) is 36.4 Å². The van der Waals surface area contributed by atoms with E-state index in [1.165, 1.54) is 5.56 Å². The number of nitrogens with zero attached hydrogens (tertiary/aromatic N) is 1. The Morgan fingerprint density at radius 1 is 1.03 bits per heavy atom. The maximum atomic E-state index is 12.6. The Labute approximate surface area is 194 Å². The molecule has 0 heterocycles. The molecule has 0 aliphatic heterocycles. The van der Waals surface area contributed by atoms with Crippen molar-refractivity contribution in [2.45, 2.75) is 52.9 Å². The molecule has 0 saturated carbocycles. The first-order valence-electron chi connectivity index (χ1n) is 11.0. The van der Waals surface area contributed by atoms with Crippen molar-refractivity contribution in [3.63, 3.8) is 0 Å². The van der Waals surface area contributed by atoms with Crippen LogP contribution in [0.5, 0.6) is 5.75 Å². The van der Waals surface area contributed by atoms with Crippen molar-refractivity contribution in [1.29, 1.82) is 0 Å². The molecule has 5 nitrogen and oxygen atoms in total. The summed E-state index contributed by atoms with van der Waals surface area (Å²) < 4.78 is 6.50. The summed E-state index contributed by atoms with van der Waals surface area (Å²) in [5, 5.41) is 2.81. The molecule has 0 aliphatic carbocycles. The van der Waals surface area contributed by atoms with Gasteiger partial charge in [0, 0.05) is 24.3 Å². The Morgan fingerprint density at radius 2 is 1.68 bits per heavy atom. The van der Waals surface area contributed by atoms with Crippen LogP contribution in [0.4, 0.5) is 5.69 Å². The minimum Gasteiger partial charge on any atom is -0.483 e. The lowest BCUT2D eigenvalue weighted by atomic mass is 9.99. The molecule has 1 N–H and O–H groups in total. The molecule has 2 amide bonds. The molecule has 1 atom stereocenters. The zero-order valence-corrected chi connectivity index (χ0v) is 20.5. The van der Waals surface area contributed by atoms with Gasteiger partial charge in [-0.2, -0.15) is 0 Å². The van der Waals surface area contributed by atoms with Gasteiger partial charge in [-0.05, 0) is 83.1 Å². The highest BCUT2D eigenvalue weighted by molar-refractivity contribution is 9.10. The zero-order chi connectivity index (χ0) is 22.8. The molecule has 0 aliphatic rings. The summed E-state index contributed by atoms with van der Waals surface area (Å²) in [7, 11) is 0. The number of halogens is 1. The van der Waals surface area contributed by atoms with Crippen molar-refractivity contribution >= 4 is 33.4 Å². The number of rotatable bonds is 11. The normalized spacial score (nSPS) is 11.6. The van der Waals surface area contributed by atoms with Crippen LogP contribution < -0.4 is 10.1 Å². The summed E-state index contributed by atoms with van der Waals surface area (Å²) >= 11 is 3.52. The van der Waals surface area contributed by atoms with Gasteiger partial charge in [0.25, 0.3) is 11.8 Å². The van der Waals surface area contributed by atoms with E-state index in [2.05, 4.69) is 48.9 Å². The zero-order valence-electron chi connectivity index (χ0n) is 18.9. The maximum Gasteiger partial charge on any atom is 0.262 e. The summed E-state index contributed by atoms with van der Waals surface area (Å²) in [5.74, 6) is 0.876. The van der Waals surface area contributed by atoms with Crippen molar-refractivity contribution < 1.29 is 14.3 Å². The molecule has 0 radical (unpaired) electrons. The molecule has 2 aromatic carbocycles. The van der Waals surface area contributed by atoms with Crippen molar-refractivity contribution in [1.82, 2.24) is 4.90 Å². The summed E-state index contributed by atoms with van der Waals surface area (Å²) in [6, 6.07) is 13.0. The second-order valence-electron chi connectivity index (χ2n) is 7.71. The Hall–Kier alpha value is -2.34. The van der Waals surface area contributed by atoms with Gasteiger partial charge >= 0.3 is 0 Å². The van der Waals surface area contributed by atoms with Gasteiger partial charge in [0.15, 0.2) is 6.61 Å². The highest BCUT2D eigenvalue weighted by atomic mass is 79.9. The quantitative estimate of drug-likeness (QED) is 0.406. The highest BCUT2D eigenvalue weighted by Crippen LogP contribution is 2.30. The van der Waals surface area contributed by atoms with Gasteiger partial charge in [0.05, 0.1) is 4.47 Å². The fourth-order valence-electron chi connectivity index (χ4n) is 3.25. The number of ether oxygens (including phenoxy) is 1.